The molecular formula is C27H34N6O5. The number of anilines is 2. The lowest BCUT2D eigenvalue weighted by Gasteiger charge is -2.32. The van der Waals surface area contributed by atoms with Crippen LogP contribution in [-0.4, -0.2) is 52.5 Å². The average molecular weight is 523 g/mol. The Kier molecular flexibility index (Phi) is 7.47. The van der Waals surface area contributed by atoms with E-state index in [0.717, 1.165) is 16.8 Å². The van der Waals surface area contributed by atoms with Gasteiger partial charge in [0.1, 0.15) is 5.60 Å². The molecule has 2 aromatic rings. The fourth-order valence-electron chi connectivity index (χ4n) is 4.64. The molecule has 0 unspecified atom stereocenters. The van der Waals surface area contributed by atoms with Gasteiger partial charge in [-0.1, -0.05) is 0 Å². The Hall–Kier alpha value is -4.28. The Bertz CT molecular complexity index is 1300. The third-order valence-corrected chi connectivity index (χ3v) is 6.54. The quantitative estimate of drug-likeness (QED) is 0.379. The number of ether oxygens (including phenoxy) is 1. The number of carbonyl (C=O) groups excluding carboxylic acids is 4. The van der Waals surface area contributed by atoms with Gasteiger partial charge in [0.2, 0.25) is 5.91 Å². The van der Waals surface area contributed by atoms with Crippen molar-refractivity contribution < 1.29 is 23.9 Å². The number of rotatable bonds is 5. The average Bonchev–Trinajstić information content (AvgIpc) is 3.44. The molecule has 0 aliphatic carbocycles. The zero-order chi connectivity index (χ0) is 27.6. The molecule has 2 aliphatic rings. The number of allylic oxidation sites excluding steroid dienone is 1. The maximum Gasteiger partial charge on any atom is 0.410 e. The largest absolute Gasteiger partial charge is 0.444 e. The predicted octanol–water partition coefficient (Wildman–Crippen LogP) is 3.65. The Morgan fingerprint density at radius 3 is 2.53 bits per heavy atom. The number of nitrogens with one attached hydrogen (secondary N) is 4. The van der Waals surface area contributed by atoms with Gasteiger partial charge in [0.05, 0.1) is 5.57 Å². The zero-order valence-electron chi connectivity index (χ0n) is 22.1. The van der Waals surface area contributed by atoms with Crippen LogP contribution in [0.1, 0.15) is 57.4 Å². The van der Waals surface area contributed by atoms with Crippen molar-refractivity contribution in [2.24, 2.45) is 11.7 Å². The zero-order valence-corrected chi connectivity index (χ0v) is 22.1. The van der Waals surface area contributed by atoms with Crippen LogP contribution >= 0.6 is 0 Å². The van der Waals surface area contributed by atoms with Crippen molar-refractivity contribution in [2.75, 3.05) is 23.7 Å². The standard InChI is InChI=1S/C27H34N6O5/c1-15(22-19-12-18(31-25(28)36)5-6-20(19)32-24(22)35)21-11-16(13-29-21)14-30-23(34)17-7-9-33(10-8-17)26(37)38-27(2,3)4/h5-6,11-13,17,29H,7-10,14H2,1-4H3,(H,30,34)(H,32,35)(H3,28,31,36)/b22-15-. The molecule has 3 heterocycles. The number of aromatic nitrogens is 1. The first-order valence-electron chi connectivity index (χ1n) is 12.6. The minimum absolute atomic E-state index is 0.0507. The summed E-state index contributed by atoms with van der Waals surface area (Å²) in [6.45, 7) is 8.62. The SMILES string of the molecule is C/C(=C1/C(=O)Nc2ccc(NC(N)=O)cc21)c1cc(CNC(=O)C2CCN(C(=O)OC(C)(C)C)CC2)c[nH]1. The number of piperidine rings is 1. The number of primary amides is 1. The van der Waals surface area contributed by atoms with Crippen LogP contribution in [0, 0.1) is 5.92 Å². The number of urea groups is 1. The van der Waals surface area contributed by atoms with Gasteiger partial charge in [-0.05, 0) is 75.9 Å². The minimum Gasteiger partial charge on any atom is -0.444 e. The maximum absolute atomic E-state index is 12.8. The van der Waals surface area contributed by atoms with Gasteiger partial charge >= 0.3 is 12.1 Å². The van der Waals surface area contributed by atoms with Gasteiger partial charge in [-0.2, -0.15) is 0 Å². The molecule has 38 heavy (non-hydrogen) atoms. The summed E-state index contributed by atoms with van der Waals surface area (Å²) in [5.74, 6) is -0.459. The molecule has 1 saturated heterocycles. The lowest BCUT2D eigenvalue weighted by molar-refractivity contribution is -0.126. The van der Waals surface area contributed by atoms with Crippen molar-refractivity contribution in [2.45, 2.75) is 52.7 Å². The van der Waals surface area contributed by atoms with Crippen LogP contribution in [0.4, 0.5) is 21.0 Å². The number of hydrogen-bond donors (Lipinski definition) is 5. The summed E-state index contributed by atoms with van der Waals surface area (Å²) in [7, 11) is 0. The summed E-state index contributed by atoms with van der Waals surface area (Å²) in [5.41, 5.74) is 9.30. The lowest BCUT2D eigenvalue weighted by Crippen LogP contribution is -2.44. The van der Waals surface area contributed by atoms with Crippen LogP contribution in [0.15, 0.2) is 30.5 Å². The molecule has 0 saturated carbocycles. The van der Waals surface area contributed by atoms with E-state index in [1.807, 2.05) is 33.8 Å². The van der Waals surface area contributed by atoms with Crippen molar-refractivity contribution in [3.8, 4) is 0 Å². The van der Waals surface area contributed by atoms with Crippen LogP contribution in [-0.2, 0) is 20.9 Å². The Labute approximate surface area is 221 Å². The van der Waals surface area contributed by atoms with E-state index in [4.69, 9.17) is 10.5 Å². The maximum atomic E-state index is 12.8. The number of benzene rings is 1. The van der Waals surface area contributed by atoms with E-state index in [1.54, 1.807) is 29.3 Å². The van der Waals surface area contributed by atoms with Gasteiger partial charge in [0, 0.05) is 54.4 Å². The summed E-state index contributed by atoms with van der Waals surface area (Å²) in [4.78, 5) is 53.8. The number of amides is 5. The Morgan fingerprint density at radius 1 is 1.16 bits per heavy atom. The molecule has 1 aromatic heterocycles. The van der Waals surface area contributed by atoms with Crippen molar-refractivity contribution >= 4 is 46.5 Å². The van der Waals surface area contributed by atoms with E-state index in [2.05, 4.69) is 20.9 Å². The molecular weight excluding hydrogens is 488 g/mol. The van der Waals surface area contributed by atoms with Crippen LogP contribution in [0.5, 0.6) is 0 Å². The molecule has 0 radical (unpaired) electrons. The first-order chi connectivity index (χ1) is 17.9. The number of carbonyl (C=O) groups is 4. The van der Waals surface area contributed by atoms with Gasteiger partial charge in [-0.25, -0.2) is 9.59 Å². The molecule has 1 aromatic carbocycles. The van der Waals surface area contributed by atoms with E-state index in [9.17, 15) is 19.2 Å². The molecule has 11 nitrogen and oxygen atoms in total. The Morgan fingerprint density at radius 2 is 1.87 bits per heavy atom. The van der Waals surface area contributed by atoms with Crippen LogP contribution < -0.4 is 21.7 Å². The van der Waals surface area contributed by atoms with E-state index >= 15 is 0 Å². The first-order valence-corrected chi connectivity index (χ1v) is 12.6. The molecule has 11 heteroatoms. The summed E-state index contributed by atoms with van der Waals surface area (Å²) in [6, 6.07) is 6.29. The second-order valence-electron chi connectivity index (χ2n) is 10.6. The number of fused-ring (bicyclic) bond motifs is 1. The smallest absolute Gasteiger partial charge is 0.410 e. The highest BCUT2D eigenvalue weighted by molar-refractivity contribution is 6.36. The predicted molar refractivity (Wildman–Crippen MR) is 144 cm³/mol. The summed E-state index contributed by atoms with van der Waals surface area (Å²) in [5, 5.41) is 8.35. The summed E-state index contributed by atoms with van der Waals surface area (Å²) >= 11 is 0. The summed E-state index contributed by atoms with van der Waals surface area (Å²) in [6.07, 6.45) is 2.61. The molecule has 1 fully saturated rings. The number of nitrogens with zero attached hydrogens (tertiary/aromatic N) is 1. The molecule has 4 rings (SSSR count). The highest BCUT2D eigenvalue weighted by atomic mass is 16.6. The number of likely N-dealkylation sites (tertiary alicyclic amines) is 1. The van der Waals surface area contributed by atoms with Crippen molar-refractivity contribution in [1.82, 2.24) is 15.2 Å². The topological polar surface area (TPSA) is 159 Å². The van der Waals surface area contributed by atoms with Gasteiger partial charge in [0.25, 0.3) is 5.91 Å². The third kappa shape index (κ3) is 6.16. The number of H-pyrrole nitrogens is 1. The molecule has 0 spiro atoms. The fourth-order valence-corrected chi connectivity index (χ4v) is 4.64. The number of nitrogens with two attached hydrogens (primary N) is 1. The van der Waals surface area contributed by atoms with Crippen LogP contribution in [0.2, 0.25) is 0 Å². The molecule has 202 valence electrons. The monoisotopic (exact) mass is 522 g/mol. The van der Waals surface area contributed by atoms with Crippen molar-refractivity contribution in [3.63, 3.8) is 0 Å². The molecule has 5 amide bonds. The molecule has 0 bridgehead atoms. The minimum atomic E-state index is -0.686. The highest BCUT2D eigenvalue weighted by Gasteiger charge is 2.30. The van der Waals surface area contributed by atoms with Gasteiger partial charge in [-0.3, -0.25) is 9.59 Å². The second kappa shape index (κ2) is 10.6. The van der Waals surface area contributed by atoms with E-state index in [-0.39, 0.29) is 23.8 Å². The summed E-state index contributed by atoms with van der Waals surface area (Å²) < 4.78 is 5.42. The first kappa shape index (κ1) is 26.8. The van der Waals surface area contributed by atoms with Gasteiger partial charge < -0.3 is 36.3 Å². The Balaban J connectivity index is 1.37. The molecule has 0 atom stereocenters. The van der Waals surface area contributed by atoms with Crippen molar-refractivity contribution in [1.29, 1.82) is 0 Å². The van der Waals surface area contributed by atoms with Gasteiger partial charge in [-0.15, -0.1) is 0 Å². The number of aromatic amines is 1. The normalized spacial score (nSPS) is 16.9. The van der Waals surface area contributed by atoms with Gasteiger partial charge in [0.15, 0.2) is 0 Å². The van der Waals surface area contributed by atoms with Crippen LogP contribution in [0.3, 0.4) is 0 Å². The van der Waals surface area contributed by atoms with Crippen LogP contribution in [0.25, 0.3) is 11.1 Å². The van der Waals surface area contributed by atoms with Crippen molar-refractivity contribution in [3.05, 3.63) is 47.3 Å². The fraction of sp³-hybridized carbons (Fsp3) is 0.407. The molecule has 2 aliphatic heterocycles. The van der Waals surface area contributed by atoms with E-state index < -0.39 is 11.6 Å². The molecule has 6 N–H and O–H groups in total. The van der Waals surface area contributed by atoms with E-state index in [0.29, 0.717) is 55.0 Å². The lowest BCUT2D eigenvalue weighted by atomic mass is 9.96. The number of hydrogen-bond acceptors (Lipinski definition) is 5. The highest BCUT2D eigenvalue weighted by Crippen LogP contribution is 2.38. The second-order valence-corrected chi connectivity index (χ2v) is 10.6. The van der Waals surface area contributed by atoms with E-state index in [1.165, 1.54) is 0 Å². The third-order valence-electron chi connectivity index (χ3n) is 6.54.